The summed E-state index contributed by atoms with van der Waals surface area (Å²) in [7, 11) is 1.08. The van der Waals surface area contributed by atoms with Crippen LogP contribution in [-0.2, 0) is 27.9 Å². The van der Waals surface area contributed by atoms with E-state index in [0.717, 1.165) is 89.9 Å². The van der Waals surface area contributed by atoms with Crippen molar-refractivity contribution in [3.8, 4) is 0 Å². The lowest BCUT2D eigenvalue weighted by Gasteiger charge is -2.30. The van der Waals surface area contributed by atoms with Crippen molar-refractivity contribution < 1.29 is 37.3 Å². The number of esters is 1. The van der Waals surface area contributed by atoms with Gasteiger partial charge in [-0.3, -0.25) is 14.2 Å². The lowest BCUT2D eigenvalue weighted by Crippen LogP contribution is -2.47. The molecule has 0 aromatic heterocycles. The third-order valence-electron chi connectivity index (χ3n) is 11.8. The van der Waals surface area contributed by atoms with Crippen LogP contribution in [0.2, 0.25) is 0 Å². The Kier molecular flexibility index (Phi) is 50.4. The molecule has 3 atom stereocenters. The van der Waals surface area contributed by atoms with Crippen LogP contribution < -0.4 is 10.2 Å². The molecule has 0 aliphatic heterocycles. The van der Waals surface area contributed by atoms with Crippen LogP contribution in [-0.4, -0.2) is 69.4 Å². The van der Waals surface area contributed by atoms with Crippen LogP contribution in [0.4, 0.5) is 0 Å². The number of ether oxygens (including phenoxy) is 1. The van der Waals surface area contributed by atoms with Crippen molar-refractivity contribution >= 4 is 19.7 Å². The number of allylic oxidation sites excluding steroid dienone is 23. The average molecular weight is 1060 g/mol. The molecule has 0 fully saturated rings. The van der Waals surface area contributed by atoms with Crippen molar-refractivity contribution in [2.24, 2.45) is 0 Å². The Hall–Kier alpha value is -4.11. The number of quaternary nitrogens is 1. The molecule has 0 aliphatic rings. The van der Waals surface area contributed by atoms with Gasteiger partial charge in [0.2, 0.25) is 5.91 Å². The molecule has 0 bridgehead atoms. The Labute approximate surface area is 459 Å². The van der Waals surface area contributed by atoms with E-state index in [9.17, 15) is 19.0 Å². The third-order valence-corrected chi connectivity index (χ3v) is 12.7. The minimum absolute atomic E-state index is 0.0531. The van der Waals surface area contributed by atoms with E-state index in [0.29, 0.717) is 30.3 Å². The molecular weight excluding hydrogens is 952 g/mol. The summed E-state index contributed by atoms with van der Waals surface area (Å²) in [4.78, 5) is 39.9. The Morgan fingerprint density at radius 2 is 0.867 bits per heavy atom. The highest BCUT2D eigenvalue weighted by Crippen LogP contribution is 2.38. The predicted octanol–water partition coefficient (Wildman–Crippen LogP) is 17.2. The zero-order valence-corrected chi connectivity index (χ0v) is 49.1. The van der Waals surface area contributed by atoms with Gasteiger partial charge >= 0.3 is 5.97 Å². The Morgan fingerprint density at radius 3 is 1.29 bits per heavy atom. The number of nitrogens with zero attached hydrogens (tertiary/aromatic N) is 1. The number of likely N-dealkylation sites (N-methyl/N-ethyl adjacent to an activating group) is 1. The van der Waals surface area contributed by atoms with Gasteiger partial charge in [0, 0.05) is 12.8 Å². The monoisotopic (exact) mass is 1060 g/mol. The maximum absolute atomic E-state index is 13.5. The molecule has 0 saturated heterocycles. The largest absolute Gasteiger partial charge is 0.756 e. The van der Waals surface area contributed by atoms with Gasteiger partial charge in [0.05, 0.1) is 33.8 Å². The van der Waals surface area contributed by atoms with Gasteiger partial charge < -0.3 is 28.5 Å². The summed E-state index contributed by atoms with van der Waals surface area (Å²) in [6.07, 6.45) is 77.0. The summed E-state index contributed by atoms with van der Waals surface area (Å²) in [6, 6.07) is -0.962. The Bertz CT molecular complexity index is 1790. The van der Waals surface area contributed by atoms with Crippen molar-refractivity contribution in [2.75, 3.05) is 40.9 Å². The van der Waals surface area contributed by atoms with Crippen molar-refractivity contribution in [2.45, 2.75) is 213 Å². The quantitative estimate of drug-likeness (QED) is 0.0212. The number of hydrogen-bond acceptors (Lipinski definition) is 7. The number of hydrogen-bond donors (Lipinski definition) is 1. The molecule has 0 rings (SSSR count). The number of unbranched alkanes of at least 4 members (excludes halogenated alkanes) is 12. The van der Waals surface area contributed by atoms with Crippen LogP contribution in [0.5, 0.6) is 0 Å². The van der Waals surface area contributed by atoms with Gasteiger partial charge in [-0.2, -0.15) is 0 Å². The van der Waals surface area contributed by atoms with Crippen molar-refractivity contribution in [1.29, 1.82) is 0 Å². The molecule has 0 aromatic carbocycles. The van der Waals surface area contributed by atoms with Crippen LogP contribution in [0, 0.1) is 0 Å². The molecule has 1 N–H and O–H groups in total. The van der Waals surface area contributed by atoms with Gasteiger partial charge in [0.15, 0.2) is 0 Å². The molecule has 0 spiro atoms. The Morgan fingerprint density at radius 1 is 0.480 bits per heavy atom. The number of amides is 1. The minimum Gasteiger partial charge on any atom is -0.756 e. The standard InChI is InChI=1S/C65H107N2O7P/c1-7-10-13-16-19-22-25-28-30-32-33-35-36-39-42-45-48-51-54-57-64(68)66-62(61-73-75(70,71)72-60-59-67(4,5)6)63(56-53-50-47-44-41-38-27-24-21-18-15-12-9-3)74-65(69)58-55-52-49-46-43-40-37-34-31-29-26-23-20-17-14-11-8-2/h10-11,13-14,19-20,22-23,28-31,33,35,37,39-40,42,46,48-49,51,53,56,62-63H,7-9,12,15-18,21,24-27,32,34,36,38,41,43-45,47,50,52,54-55,57-61H2,1-6H3,(H-,66,68,70,71)/b13-10-,14-11-,22-19-,23-20-,30-28-,31-29-,35-33-,40-37-,42-39-,49-46-,51-48-,56-53+. The molecule has 0 saturated carbocycles. The molecule has 0 aromatic rings. The van der Waals surface area contributed by atoms with E-state index in [1.807, 2.05) is 39.4 Å². The first-order valence-corrected chi connectivity index (χ1v) is 30.6. The van der Waals surface area contributed by atoms with Crippen LogP contribution in [0.15, 0.2) is 146 Å². The summed E-state index contributed by atoms with van der Waals surface area (Å²) in [5.41, 5.74) is 0. The Balaban J connectivity index is 5.59. The first kappa shape index (κ1) is 70.9. The van der Waals surface area contributed by atoms with Gasteiger partial charge in [-0.15, -0.1) is 0 Å². The molecule has 0 aliphatic carbocycles. The van der Waals surface area contributed by atoms with Crippen molar-refractivity contribution in [3.63, 3.8) is 0 Å². The van der Waals surface area contributed by atoms with Crippen LogP contribution in [0.3, 0.4) is 0 Å². The second kappa shape index (κ2) is 53.3. The van der Waals surface area contributed by atoms with E-state index in [-0.39, 0.29) is 25.4 Å². The summed E-state index contributed by atoms with van der Waals surface area (Å²) in [5, 5.41) is 2.95. The van der Waals surface area contributed by atoms with Crippen LogP contribution >= 0.6 is 7.82 Å². The van der Waals surface area contributed by atoms with Crippen molar-refractivity contribution in [3.05, 3.63) is 146 Å². The highest BCUT2D eigenvalue weighted by molar-refractivity contribution is 7.45. The molecule has 75 heavy (non-hydrogen) atoms. The summed E-state index contributed by atoms with van der Waals surface area (Å²) in [5.74, 6) is -0.721. The maximum Gasteiger partial charge on any atom is 0.306 e. The molecule has 9 nitrogen and oxygen atoms in total. The summed E-state index contributed by atoms with van der Waals surface area (Å²) >= 11 is 0. The van der Waals surface area contributed by atoms with Gasteiger partial charge in [0.1, 0.15) is 19.3 Å². The van der Waals surface area contributed by atoms with E-state index in [1.165, 1.54) is 57.8 Å². The highest BCUT2D eigenvalue weighted by Gasteiger charge is 2.27. The van der Waals surface area contributed by atoms with E-state index < -0.39 is 32.5 Å². The average Bonchev–Trinajstić information content (AvgIpc) is 3.37. The van der Waals surface area contributed by atoms with Gasteiger partial charge in [-0.1, -0.05) is 225 Å². The molecule has 424 valence electrons. The fraction of sp³-hybridized carbons (Fsp3) is 0.600. The fourth-order valence-electron chi connectivity index (χ4n) is 7.34. The molecular formula is C65H107N2O7P. The molecule has 3 unspecified atom stereocenters. The van der Waals surface area contributed by atoms with E-state index in [1.54, 1.807) is 6.08 Å². The van der Waals surface area contributed by atoms with Crippen LogP contribution in [0.1, 0.15) is 201 Å². The number of carbonyl (C=O) groups is 2. The van der Waals surface area contributed by atoms with E-state index >= 15 is 0 Å². The number of carbonyl (C=O) groups excluding carboxylic acids is 2. The summed E-state index contributed by atoms with van der Waals surface area (Å²) in [6.45, 7) is 6.49. The highest BCUT2D eigenvalue weighted by atomic mass is 31.2. The van der Waals surface area contributed by atoms with E-state index in [4.69, 9.17) is 13.8 Å². The van der Waals surface area contributed by atoms with Gasteiger partial charge in [-0.05, 0) is 109 Å². The topological polar surface area (TPSA) is 114 Å². The number of phosphoric acid groups is 1. The number of nitrogens with one attached hydrogen (secondary N) is 1. The molecule has 0 radical (unpaired) electrons. The molecule has 1 amide bonds. The lowest BCUT2D eigenvalue weighted by atomic mass is 10.0. The minimum atomic E-state index is -4.74. The lowest BCUT2D eigenvalue weighted by molar-refractivity contribution is -0.870. The number of rotatable bonds is 50. The first-order chi connectivity index (χ1) is 36.4. The van der Waals surface area contributed by atoms with Crippen LogP contribution in [0.25, 0.3) is 0 Å². The normalized spacial score (nSPS) is 14.8. The smallest absolute Gasteiger partial charge is 0.306 e. The van der Waals surface area contributed by atoms with E-state index in [2.05, 4.69) is 148 Å². The molecule has 10 heteroatoms. The zero-order valence-electron chi connectivity index (χ0n) is 48.2. The van der Waals surface area contributed by atoms with Crippen molar-refractivity contribution in [1.82, 2.24) is 5.32 Å². The second-order valence-corrected chi connectivity index (χ2v) is 21.4. The second-order valence-electron chi connectivity index (χ2n) is 20.0. The SMILES string of the molecule is CC/C=C\C/C=C\C/C=C\C/C=C\C/C=C\C/C=C\CCC(=O)NC(COP(=O)([O-])OCC[N+](C)(C)C)C(/C=C/CCCCCCCCCCCCC)OC(=O)CCC/C=C\C/C=C\C/C=C\C/C=C\C/C=C\CC. The third kappa shape index (κ3) is 54.5. The maximum atomic E-state index is 13.5. The number of phosphoric ester groups is 1. The zero-order chi connectivity index (χ0) is 55.0. The first-order valence-electron chi connectivity index (χ1n) is 29.1. The molecule has 0 heterocycles. The summed E-state index contributed by atoms with van der Waals surface area (Å²) < 4.78 is 30.1. The van der Waals surface area contributed by atoms with Gasteiger partial charge in [0.25, 0.3) is 7.82 Å². The van der Waals surface area contributed by atoms with Gasteiger partial charge in [-0.25, -0.2) is 0 Å². The predicted molar refractivity (Wildman–Crippen MR) is 320 cm³/mol. The fourth-order valence-corrected chi connectivity index (χ4v) is 8.07.